The van der Waals surface area contributed by atoms with E-state index in [1.54, 1.807) is 0 Å². The van der Waals surface area contributed by atoms with Crippen LogP contribution in [0.25, 0.3) is 0 Å². The van der Waals surface area contributed by atoms with Crippen molar-refractivity contribution in [1.82, 2.24) is 10.2 Å². The molecule has 1 atom stereocenters. The number of rotatable bonds is 3. The Morgan fingerprint density at radius 1 is 1.27 bits per heavy atom. The molecule has 1 saturated heterocycles. The Morgan fingerprint density at radius 3 is 2.69 bits per heavy atom. The summed E-state index contributed by atoms with van der Waals surface area (Å²) < 4.78 is 18.7. The van der Waals surface area contributed by atoms with Crippen LogP contribution >= 0.6 is 0 Å². The number of carbonyl (C=O) groups is 1. The van der Waals surface area contributed by atoms with Crippen LogP contribution in [0.4, 0.5) is 9.18 Å². The van der Waals surface area contributed by atoms with Crippen molar-refractivity contribution in [3.8, 4) is 0 Å². The highest BCUT2D eigenvalue weighted by Crippen LogP contribution is 2.31. The smallest absolute Gasteiger partial charge is 0.408 e. The van der Waals surface area contributed by atoms with E-state index in [1.165, 1.54) is 16.7 Å². The third-order valence-electron chi connectivity index (χ3n) is 5.14. The van der Waals surface area contributed by atoms with Gasteiger partial charge < -0.3 is 10.1 Å². The van der Waals surface area contributed by atoms with Gasteiger partial charge in [-0.15, -0.1) is 0 Å². The van der Waals surface area contributed by atoms with Gasteiger partial charge in [0.05, 0.1) is 6.04 Å². The van der Waals surface area contributed by atoms with Gasteiger partial charge in [-0.3, -0.25) is 4.90 Å². The van der Waals surface area contributed by atoms with E-state index >= 15 is 0 Å². The molecule has 0 spiro atoms. The number of piperidine rings is 1. The first-order chi connectivity index (χ1) is 12.3. The molecule has 1 aliphatic carbocycles. The van der Waals surface area contributed by atoms with E-state index in [2.05, 4.69) is 28.4 Å². The SMILES string of the molecule is CC(C)(C)OC(=O)NC1CCCc2cc(CN3CCC(F)CC3)ccc21. The van der Waals surface area contributed by atoms with E-state index < -0.39 is 11.8 Å². The van der Waals surface area contributed by atoms with E-state index in [4.69, 9.17) is 4.74 Å². The molecule has 0 bridgehead atoms. The molecule has 0 saturated carbocycles. The number of alkyl halides is 1. The number of alkyl carbamates (subject to hydrolysis) is 1. The molecule has 1 amide bonds. The van der Waals surface area contributed by atoms with Crippen LogP contribution < -0.4 is 5.32 Å². The molecule has 0 radical (unpaired) electrons. The summed E-state index contributed by atoms with van der Waals surface area (Å²) in [5.74, 6) is 0. The molecule has 1 fully saturated rings. The number of hydrogen-bond donors (Lipinski definition) is 1. The summed E-state index contributed by atoms with van der Waals surface area (Å²) in [4.78, 5) is 14.5. The van der Waals surface area contributed by atoms with Crippen LogP contribution in [0.15, 0.2) is 18.2 Å². The van der Waals surface area contributed by atoms with Gasteiger partial charge in [0.1, 0.15) is 11.8 Å². The van der Waals surface area contributed by atoms with Gasteiger partial charge in [0.15, 0.2) is 0 Å². The topological polar surface area (TPSA) is 41.6 Å². The van der Waals surface area contributed by atoms with Crippen LogP contribution in [0, 0.1) is 0 Å². The first kappa shape index (κ1) is 19.2. The third kappa shape index (κ3) is 5.19. The minimum Gasteiger partial charge on any atom is -0.444 e. The molecule has 1 heterocycles. The maximum atomic E-state index is 13.3. The van der Waals surface area contributed by atoms with Crippen molar-refractivity contribution in [3.05, 3.63) is 34.9 Å². The normalized spacial score (nSPS) is 21.9. The van der Waals surface area contributed by atoms with Crippen LogP contribution in [0.5, 0.6) is 0 Å². The lowest BCUT2D eigenvalue weighted by molar-refractivity contribution is 0.0498. The van der Waals surface area contributed by atoms with E-state index in [0.29, 0.717) is 12.8 Å². The highest BCUT2D eigenvalue weighted by molar-refractivity contribution is 5.68. The number of carbonyl (C=O) groups excluding carboxylic acids is 1. The summed E-state index contributed by atoms with van der Waals surface area (Å²) in [6.45, 7) is 8.17. The van der Waals surface area contributed by atoms with E-state index in [0.717, 1.165) is 38.9 Å². The fraction of sp³-hybridized carbons (Fsp3) is 0.667. The fourth-order valence-corrected chi connectivity index (χ4v) is 3.88. The zero-order valence-electron chi connectivity index (χ0n) is 16.2. The predicted octanol–water partition coefficient (Wildman–Crippen LogP) is 4.52. The summed E-state index contributed by atoms with van der Waals surface area (Å²) in [5, 5.41) is 3.02. The summed E-state index contributed by atoms with van der Waals surface area (Å²) in [5.41, 5.74) is 3.31. The lowest BCUT2D eigenvalue weighted by Gasteiger charge is -2.30. The van der Waals surface area contributed by atoms with Gasteiger partial charge in [-0.25, -0.2) is 9.18 Å². The first-order valence-electron chi connectivity index (χ1n) is 9.78. The number of nitrogens with one attached hydrogen (secondary N) is 1. The second-order valence-corrected chi connectivity index (χ2v) is 8.57. The summed E-state index contributed by atoms with van der Waals surface area (Å²) in [6, 6.07) is 6.58. The zero-order valence-corrected chi connectivity index (χ0v) is 16.2. The summed E-state index contributed by atoms with van der Waals surface area (Å²) in [6.07, 6.45) is 3.35. The van der Waals surface area contributed by atoms with Crippen molar-refractivity contribution in [2.75, 3.05) is 13.1 Å². The minimum atomic E-state index is -0.630. The predicted molar refractivity (Wildman–Crippen MR) is 101 cm³/mol. The molecule has 2 aliphatic rings. The molecule has 1 unspecified atom stereocenters. The monoisotopic (exact) mass is 362 g/mol. The number of amides is 1. The van der Waals surface area contributed by atoms with Crippen LogP contribution in [0.2, 0.25) is 0 Å². The quantitative estimate of drug-likeness (QED) is 0.859. The molecule has 1 aliphatic heterocycles. The fourth-order valence-electron chi connectivity index (χ4n) is 3.88. The molecule has 0 aromatic heterocycles. The maximum Gasteiger partial charge on any atom is 0.408 e. The van der Waals surface area contributed by atoms with Gasteiger partial charge in [0.2, 0.25) is 0 Å². The summed E-state index contributed by atoms with van der Waals surface area (Å²) >= 11 is 0. The van der Waals surface area contributed by atoms with Crippen molar-refractivity contribution >= 4 is 6.09 Å². The van der Waals surface area contributed by atoms with Crippen LogP contribution in [-0.4, -0.2) is 35.9 Å². The average Bonchev–Trinajstić information content (AvgIpc) is 2.55. The number of nitrogens with zero attached hydrogens (tertiary/aromatic N) is 1. The largest absolute Gasteiger partial charge is 0.444 e. The Kier molecular flexibility index (Phi) is 5.86. The Balaban J connectivity index is 1.64. The first-order valence-corrected chi connectivity index (χ1v) is 9.78. The molecular formula is C21H31FN2O2. The lowest BCUT2D eigenvalue weighted by Crippen LogP contribution is -2.36. The van der Waals surface area contributed by atoms with Crippen molar-refractivity contribution in [2.24, 2.45) is 0 Å². The highest BCUT2D eigenvalue weighted by Gasteiger charge is 2.25. The Labute approximate surface area is 156 Å². The second kappa shape index (κ2) is 7.95. The van der Waals surface area contributed by atoms with Crippen molar-refractivity contribution in [3.63, 3.8) is 0 Å². The number of ether oxygens (including phenoxy) is 1. The highest BCUT2D eigenvalue weighted by atomic mass is 19.1. The number of fused-ring (bicyclic) bond motifs is 1. The Morgan fingerprint density at radius 2 is 2.00 bits per heavy atom. The van der Waals surface area contributed by atoms with E-state index in [-0.39, 0.29) is 12.1 Å². The van der Waals surface area contributed by atoms with E-state index in [1.807, 2.05) is 20.8 Å². The standard InChI is InChI=1S/C21H31FN2O2/c1-21(2,3)26-20(25)23-19-6-4-5-16-13-15(7-8-18(16)19)14-24-11-9-17(22)10-12-24/h7-8,13,17,19H,4-6,9-12,14H2,1-3H3,(H,23,25). The van der Waals surface area contributed by atoms with Crippen molar-refractivity contribution in [2.45, 2.75) is 77.2 Å². The number of likely N-dealkylation sites (tertiary alicyclic amines) is 1. The molecular weight excluding hydrogens is 331 g/mol. The van der Waals surface area contributed by atoms with Crippen molar-refractivity contribution in [1.29, 1.82) is 0 Å². The number of benzene rings is 1. The molecule has 1 aromatic rings. The zero-order chi connectivity index (χ0) is 18.7. The Bertz CT molecular complexity index is 633. The molecule has 3 rings (SSSR count). The average molecular weight is 362 g/mol. The van der Waals surface area contributed by atoms with Gasteiger partial charge in [-0.05, 0) is 69.6 Å². The maximum absolute atomic E-state index is 13.3. The molecule has 5 heteroatoms. The number of hydrogen-bond acceptors (Lipinski definition) is 3. The van der Waals surface area contributed by atoms with Gasteiger partial charge >= 0.3 is 6.09 Å². The van der Waals surface area contributed by atoms with Crippen molar-refractivity contribution < 1.29 is 13.9 Å². The molecule has 26 heavy (non-hydrogen) atoms. The van der Waals surface area contributed by atoms with Gasteiger partial charge in [0, 0.05) is 19.6 Å². The van der Waals surface area contributed by atoms with Crippen LogP contribution in [-0.2, 0) is 17.7 Å². The molecule has 1 aromatic carbocycles. The molecule has 1 N–H and O–H groups in total. The summed E-state index contributed by atoms with van der Waals surface area (Å²) in [7, 11) is 0. The van der Waals surface area contributed by atoms with Crippen LogP contribution in [0.1, 0.15) is 69.2 Å². The van der Waals surface area contributed by atoms with Gasteiger partial charge in [-0.2, -0.15) is 0 Å². The number of halogens is 1. The van der Waals surface area contributed by atoms with Gasteiger partial charge in [-0.1, -0.05) is 18.2 Å². The molecule has 144 valence electrons. The lowest BCUT2D eigenvalue weighted by atomic mass is 9.86. The van der Waals surface area contributed by atoms with Crippen LogP contribution in [0.3, 0.4) is 0 Å². The van der Waals surface area contributed by atoms with Gasteiger partial charge in [0.25, 0.3) is 0 Å². The second-order valence-electron chi connectivity index (χ2n) is 8.57. The number of aryl methyl sites for hydroxylation is 1. The Hall–Kier alpha value is -1.62. The third-order valence-corrected chi connectivity index (χ3v) is 5.14. The molecule has 4 nitrogen and oxygen atoms in total. The minimum absolute atomic E-state index is 0.0185. The van der Waals surface area contributed by atoms with E-state index in [9.17, 15) is 9.18 Å².